The van der Waals surface area contributed by atoms with E-state index in [0.29, 0.717) is 11.6 Å². The summed E-state index contributed by atoms with van der Waals surface area (Å²) >= 11 is 0. The van der Waals surface area contributed by atoms with E-state index in [4.69, 9.17) is 0 Å². The van der Waals surface area contributed by atoms with E-state index in [9.17, 15) is 14.9 Å². The molecule has 1 rings (SSSR count). The van der Waals surface area contributed by atoms with Crippen molar-refractivity contribution in [3.05, 3.63) is 33.9 Å². The molecule has 1 aromatic rings. The van der Waals surface area contributed by atoms with E-state index in [0.717, 1.165) is 18.5 Å². The fourth-order valence-corrected chi connectivity index (χ4v) is 2.26. The number of rotatable bonds is 6. The molecule has 0 unspecified atom stereocenters. The number of carbonyl (C=O) groups excluding carboxylic acids is 1. The molecule has 0 aliphatic heterocycles. The lowest BCUT2D eigenvalue weighted by molar-refractivity contribution is -0.384. The summed E-state index contributed by atoms with van der Waals surface area (Å²) in [4.78, 5) is 24.0. The molecule has 0 saturated heterocycles. The van der Waals surface area contributed by atoms with E-state index >= 15 is 0 Å². The van der Waals surface area contributed by atoms with Crippen molar-refractivity contribution in [3.8, 4) is 0 Å². The molecule has 19 heavy (non-hydrogen) atoms. The first-order valence-electron chi connectivity index (χ1n) is 6.44. The highest BCUT2D eigenvalue weighted by Crippen LogP contribution is 2.27. The fourth-order valence-electron chi connectivity index (χ4n) is 2.26. The molecule has 104 valence electrons. The van der Waals surface area contributed by atoms with Crippen LogP contribution in [0, 0.1) is 10.1 Å². The van der Waals surface area contributed by atoms with Crippen LogP contribution in [0.3, 0.4) is 0 Å². The van der Waals surface area contributed by atoms with Gasteiger partial charge in [0.05, 0.1) is 4.92 Å². The van der Waals surface area contributed by atoms with E-state index in [-0.39, 0.29) is 11.5 Å². The van der Waals surface area contributed by atoms with Crippen LogP contribution in [0.5, 0.6) is 0 Å². The van der Waals surface area contributed by atoms with Crippen LogP contribution in [0.25, 0.3) is 0 Å². The lowest BCUT2D eigenvalue weighted by Gasteiger charge is -2.29. The zero-order valence-electron chi connectivity index (χ0n) is 11.8. The fraction of sp³-hybridized carbons (Fsp3) is 0.500. The summed E-state index contributed by atoms with van der Waals surface area (Å²) in [7, 11) is 1.92. The molecule has 0 N–H and O–H groups in total. The second-order valence-electron chi connectivity index (χ2n) is 4.60. The van der Waals surface area contributed by atoms with Crippen molar-refractivity contribution in [2.24, 2.45) is 0 Å². The lowest BCUT2D eigenvalue weighted by atomic mass is 10.0. The first kappa shape index (κ1) is 15.1. The highest BCUT2D eigenvalue weighted by atomic mass is 16.6. The number of hydrogen-bond acceptors (Lipinski definition) is 4. The number of nitro benzene ring substituents is 1. The first-order valence-corrected chi connectivity index (χ1v) is 6.44. The number of benzene rings is 1. The van der Waals surface area contributed by atoms with E-state index < -0.39 is 4.92 Å². The minimum atomic E-state index is -0.479. The second-order valence-corrected chi connectivity index (χ2v) is 4.60. The van der Waals surface area contributed by atoms with Gasteiger partial charge in [-0.3, -0.25) is 14.9 Å². The lowest BCUT2D eigenvalue weighted by Crippen LogP contribution is -2.31. The molecule has 0 radical (unpaired) electrons. The van der Waals surface area contributed by atoms with Gasteiger partial charge in [-0.25, -0.2) is 0 Å². The van der Waals surface area contributed by atoms with Gasteiger partial charge in [-0.05, 0) is 25.8 Å². The average Bonchev–Trinajstić information content (AvgIpc) is 2.39. The highest BCUT2D eigenvalue weighted by Gasteiger charge is 2.19. The Kier molecular flexibility index (Phi) is 5.03. The number of Topliss-reactive ketones (excluding diaryl/α,β-unsaturated/α-hetero) is 1. The second kappa shape index (κ2) is 6.31. The smallest absolute Gasteiger partial charge is 0.270 e. The number of ketones is 1. The molecule has 0 spiro atoms. The van der Waals surface area contributed by atoms with Gasteiger partial charge >= 0.3 is 0 Å². The first-order chi connectivity index (χ1) is 8.92. The number of nitro groups is 1. The minimum absolute atomic E-state index is 0.0492. The van der Waals surface area contributed by atoms with Crippen molar-refractivity contribution < 1.29 is 9.72 Å². The Hall–Kier alpha value is -1.91. The third-order valence-corrected chi connectivity index (χ3v) is 3.44. The molecule has 0 heterocycles. The van der Waals surface area contributed by atoms with Gasteiger partial charge in [-0.1, -0.05) is 13.8 Å². The van der Waals surface area contributed by atoms with Gasteiger partial charge in [-0.2, -0.15) is 0 Å². The predicted octanol–water partition coefficient (Wildman–Crippen LogP) is 3.42. The van der Waals surface area contributed by atoms with Crippen molar-refractivity contribution in [2.45, 2.75) is 39.7 Å². The van der Waals surface area contributed by atoms with Crippen LogP contribution in [0.4, 0.5) is 11.4 Å². The Morgan fingerprint density at radius 1 is 1.37 bits per heavy atom. The number of anilines is 1. The Balaban J connectivity index is 3.27. The standard InChI is InChI=1S/C14H20N2O3/c1-5-11(6-2)15(4)14-8-7-12(16(18)19)9-13(14)10(3)17/h7-9,11H,5-6H2,1-4H3. The van der Waals surface area contributed by atoms with Gasteiger partial charge in [0.1, 0.15) is 0 Å². The zero-order valence-corrected chi connectivity index (χ0v) is 11.8. The molecule has 1 aromatic carbocycles. The van der Waals surface area contributed by atoms with E-state index in [1.54, 1.807) is 6.07 Å². The van der Waals surface area contributed by atoms with Crippen molar-refractivity contribution in [1.82, 2.24) is 0 Å². The van der Waals surface area contributed by atoms with Crippen LogP contribution in [-0.4, -0.2) is 23.8 Å². The maximum atomic E-state index is 11.7. The molecular formula is C14H20N2O3. The Bertz CT molecular complexity index is 482. The Morgan fingerprint density at radius 2 is 1.95 bits per heavy atom. The monoisotopic (exact) mass is 264 g/mol. The molecule has 0 aliphatic rings. The van der Waals surface area contributed by atoms with Crippen molar-refractivity contribution in [3.63, 3.8) is 0 Å². The SMILES string of the molecule is CCC(CC)N(C)c1ccc([N+](=O)[O-])cc1C(C)=O. The molecule has 0 fully saturated rings. The third kappa shape index (κ3) is 3.30. The van der Waals surface area contributed by atoms with Gasteiger partial charge in [0.2, 0.25) is 0 Å². The number of non-ortho nitro benzene ring substituents is 1. The molecule has 5 heteroatoms. The summed E-state index contributed by atoms with van der Waals surface area (Å²) in [6, 6.07) is 4.78. The molecule has 0 saturated carbocycles. The van der Waals surface area contributed by atoms with E-state index in [1.165, 1.54) is 19.1 Å². The Morgan fingerprint density at radius 3 is 2.37 bits per heavy atom. The van der Waals surface area contributed by atoms with Gasteiger partial charge in [0.15, 0.2) is 5.78 Å². The molecule has 5 nitrogen and oxygen atoms in total. The van der Waals surface area contributed by atoms with Gasteiger partial charge < -0.3 is 4.90 Å². The summed E-state index contributed by atoms with van der Waals surface area (Å²) in [5.74, 6) is -0.156. The molecular weight excluding hydrogens is 244 g/mol. The van der Waals surface area contributed by atoms with E-state index in [2.05, 4.69) is 13.8 Å². The van der Waals surface area contributed by atoms with Crippen LogP contribution in [-0.2, 0) is 0 Å². The maximum absolute atomic E-state index is 11.7. The maximum Gasteiger partial charge on any atom is 0.270 e. The summed E-state index contributed by atoms with van der Waals surface area (Å²) in [6.45, 7) is 5.61. The number of carbonyl (C=O) groups is 1. The molecule has 0 amide bonds. The molecule has 0 aliphatic carbocycles. The number of nitrogens with zero attached hydrogens (tertiary/aromatic N) is 2. The van der Waals surface area contributed by atoms with Gasteiger partial charge in [0.25, 0.3) is 5.69 Å². The van der Waals surface area contributed by atoms with Crippen molar-refractivity contribution in [2.75, 3.05) is 11.9 Å². The van der Waals surface area contributed by atoms with Crippen LogP contribution in [0.15, 0.2) is 18.2 Å². The topological polar surface area (TPSA) is 63.4 Å². The summed E-state index contributed by atoms with van der Waals surface area (Å²) in [6.07, 6.45) is 1.92. The van der Waals surface area contributed by atoms with Crippen LogP contribution < -0.4 is 4.90 Å². The summed E-state index contributed by atoms with van der Waals surface area (Å²) in [5, 5.41) is 10.8. The van der Waals surface area contributed by atoms with Crippen LogP contribution >= 0.6 is 0 Å². The van der Waals surface area contributed by atoms with Gasteiger partial charge in [0, 0.05) is 36.5 Å². The van der Waals surface area contributed by atoms with Crippen LogP contribution in [0.2, 0.25) is 0 Å². The summed E-state index contributed by atoms with van der Waals surface area (Å²) in [5.41, 5.74) is 1.11. The van der Waals surface area contributed by atoms with Crippen molar-refractivity contribution in [1.29, 1.82) is 0 Å². The molecule has 0 bridgehead atoms. The largest absolute Gasteiger partial charge is 0.371 e. The minimum Gasteiger partial charge on any atom is -0.371 e. The molecule has 0 atom stereocenters. The Labute approximate surface area is 113 Å². The van der Waals surface area contributed by atoms with Gasteiger partial charge in [-0.15, -0.1) is 0 Å². The predicted molar refractivity (Wildman–Crippen MR) is 75.9 cm³/mol. The quantitative estimate of drug-likeness (QED) is 0.448. The summed E-state index contributed by atoms with van der Waals surface area (Å²) < 4.78 is 0. The molecule has 0 aromatic heterocycles. The highest BCUT2D eigenvalue weighted by molar-refractivity contribution is 6.00. The third-order valence-electron chi connectivity index (χ3n) is 3.44. The van der Waals surface area contributed by atoms with Crippen LogP contribution in [0.1, 0.15) is 44.0 Å². The number of hydrogen-bond donors (Lipinski definition) is 0. The average molecular weight is 264 g/mol. The normalized spacial score (nSPS) is 10.6. The zero-order chi connectivity index (χ0) is 14.6. The van der Waals surface area contributed by atoms with E-state index in [1.807, 2.05) is 11.9 Å². The van der Waals surface area contributed by atoms with Crippen molar-refractivity contribution >= 4 is 17.2 Å².